The zero-order valence-electron chi connectivity index (χ0n) is 12.0. The van der Waals surface area contributed by atoms with Crippen LogP contribution in [0.15, 0.2) is 28.8 Å². The monoisotopic (exact) mass is 320 g/mol. The van der Waals surface area contributed by atoms with Crippen LogP contribution < -0.4 is 5.73 Å². The highest BCUT2D eigenvalue weighted by Gasteiger charge is 2.23. The van der Waals surface area contributed by atoms with Crippen molar-refractivity contribution in [3.63, 3.8) is 0 Å². The predicted octanol–water partition coefficient (Wildman–Crippen LogP) is 1.88. The van der Waals surface area contributed by atoms with Crippen LogP contribution in [-0.2, 0) is 11.2 Å². The highest BCUT2D eigenvalue weighted by molar-refractivity contribution is 6.30. The molecule has 22 heavy (non-hydrogen) atoms. The fraction of sp³-hybridized carbons (Fsp3) is 0.400. The Hall–Kier alpha value is -1.92. The van der Waals surface area contributed by atoms with Crippen LogP contribution in [0.3, 0.4) is 0 Å². The van der Waals surface area contributed by atoms with Gasteiger partial charge < -0.3 is 15.2 Å². The van der Waals surface area contributed by atoms with E-state index < -0.39 is 0 Å². The van der Waals surface area contributed by atoms with Crippen molar-refractivity contribution in [2.75, 3.05) is 13.1 Å². The number of aryl methyl sites for hydroxylation is 1. The highest BCUT2D eigenvalue weighted by atomic mass is 35.5. The number of benzene rings is 1. The van der Waals surface area contributed by atoms with Gasteiger partial charge in [-0.15, -0.1) is 0 Å². The van der Waals surface area contributed by atoms with Crippen molar-refractivity contribution in [3.05, 3.63) is 35.2 Å². The van der Waals surface area contributed by atoms with Crippen LogP contribution in [0.2, 0.25) is 5.02 Å². The zero-order chi connectivity index (χ0) is 15.5. The maximum absolute atomic E-state index is 12.0. The van der Waals surface area contributed by atoms with E-state index in [-0.39, 0.29) is 11.9 Å². The quantitative estimate of drug-likeness (QED) is 0.929. The summed E-state index contributed by atoms with van der Waals surface area (Å²) in [4.78, 5) is 18.1. The summed E-state index contributed by atoms with van der Waals surface area (Å²) in [6.45, 7) is 1.37. The van der Waals surface area contributed by atoms with E-state index in [0.717, 1.165) is 18.5 Å². The minimum absolute atomic E-state index is 0.0826. The molecule has 3 rings (SSSR count). The third-order valence-electron chi connectivity index (χ3n) is 3.70. The molecular formula is C15H17ClN4O2. The van der Waals surface area contributed by atoms with E-state index in [1.165, 1.54) is 0 Å². The zero-order valence-corrected chi connectivity index (χ0v) is 12.8. The van der Waals surface area contributed by atoms with Crippen molar-refractivity contribution in [1.82, 2.24) is 15.0 Å². The van der Waals surface area contributed by atoms with Crippen LogP contribution in [0.1, 0.15) is 18.7 Å². The number of hydrogen-bond acceptors (Lipinski definition) is 5. The summed E-state index contributed by atoms with van der Waals surface area (Å²) in [7, 11) is 0. The predicted molar refractivity (Wildman–Crippen MR) is 82.2 cm³/mol. The van der Waals surface area contributed by atoms with Crippen LogP contribution in [0, 0.1) is 0 Å². The number of likely N-dealkylation sites (tertiary alicyclic amines) is 1. The van der Waals surface area contributed by atoms with Crippen molar-refractivity contribution in [2.24, 2.45) is 5.73 Å². The molecule has 2 N–H and O–H groups in total. The summed E-state index contributed by atoms with van der Waals surface area (Å²) in [6.07, 6.45) is 1.66. The average Bonchev–Trinajstić information content (AvgIpc) is 3.15. The number of aromatic nitrogens is 2. The molecule has 7 heteroatoms. The normalized spacial score (nSPS) is 17.9. The Morgan fingerprint density at radius 1 is 1.41 bits per heavy atom. The molecule has 0 saturated carbocycles. The number of carbonyl (C=O) groups excluding carboxylic acids is 1. The summed E-state index contributed by atoms with van der Waals surface area (Å²) in [5, 5.41) is 4.58. The molecule has 0 spiro atoms. The van der Waals surface area contributed by atoms with Gasteiger partial charge in [0.2, 0.25) is 17.6 Å². The number of nitrogens with two attached hydrogens (primary N) is 1. The smallest absolute Gasteiger partial charge is 0.227 e. The molecule has 2 aromatic rings. The second-order valence-corrected chi connectivity index (χ2v) is 5.84. The Morgan fingerprint density at radius 2 is 2.18 bits per heavy atom. The third-order valence-corrected chi connectivity index (χ3v) is 3.95. The molecule has 1 aromatic carbocycles. The first-order chi connectivity index (χ1) is 10.6. The lowest BCUT2D eigenvalue weighted by Crippen LogP contribution is -2.31. The Bertz CT molecular complexity index is 656. The summed E-state index contributed by atoms with van der Waals surface area (Å²) in [5.41, 5.74) is 6.63. The number of carbonyl (C=O) groups is 1. The minimum Gasteiger partial charge on any atom is -0.341 e. The molecule has 0 radical (unpaired) electrons. The number of nitrogens with zero attached hydrogens (tertiary/aromatic N) is 3. The third kappa shape index (κ3) is 3.45. The molecule has 0 unspecified atom stereocenters. The fourth-order valence-corrected chi connectivity index (χ4v) is 2.58. The molecule has 1 atom stereocenters. The van der Waals surface area contributed by atoms with Gasteiger partial charge >= 0.3 is 0 Å². The molecule has 116 valence electrons. The van der Waals surface area contributed by atoms with Gasteiger partial charge in [0.05, 0.1) is 0 Å². The van der Waals surface area contributed by atoms with Crippen molar-refractivity contribution >= 4 is 17.5 Å². The lowest BCUT2D eigenvalue weighted by Gasteiger charge is -2.14. The maximum Gasteiger partial charge on any atom is 0.227 e. The summed E-state index contributed by atoms with van der Waals surface area (Å²) >= 11 is 5.85. The van der Waals surface area contributed by atoms with Crippen molar-refractivity contribution in [1.29, 1.82) is 0 Å². The van der Waals surface area contributed by atoms with Gasteiger partial charge in [-0.05, 0) is 30.7 Å². The van der Waals surface area contributed by atoms with Crippen LogP contribution in [0.4, 0.5) is 0 Å². The van der Waals surface area contributed by atoms with E-state index in [0.29, 0.717) is 36.1 Å². The first-order valence-electron chi connectivity index (χ1n) is 7.23. The highest BCUT2D eigenvalue weighted by Crippen LogP contribution is 2.19. The molecule has 1 aromatic heterocycles. The Morgan fingerprint density at radius 3 is 2.86 bits per heavy atom. The van der Waals surface area contributed by atoms with Crippen LogP contribution in [0.5, 0.6) is 0 Å². The van der Waals surface area contributed by atoms with Crippen molar-refractivity contribution < 1.29 is 9.32 Å². The largest absolute Gasteiger partial charge is 0.341 e. The van der Waals surface area contributed by atoms with Gasteiger partial charge in [-0.25, -0.2) is 0 Å². The van der Waals surface area contributed by atoms with Gasteiger partial charge in [0.1, 0.15) is 0 Å². The van der Waals surface area contributed by atoms with E-state index in [9.17, 15) is 4.79 Å². The minimum atomic E-state index is 0.0826. The Balaban J connectivity index is 1.58. The molecule has 1 amide bonds. The summed E-state index contributed by atoms with van der Waals surface area (Å²) < 4.78 is 5.19. The molecule has 0 aliphatic carbocycles. The van der Waals surface area contributed by atoms with E-state index in [4.69, 9.17) is 21.9 Å². The van der Waals surface area contributed by atoms with Crippen LogP contribution >= 0.6 is 11.6 Å². The standard InChI is InChI=1S/C15H17ClN4O2/c16-11-3-1-10(2-4-11)15-18-13(22-19-15)5-6-14(21)20-8-7-12(17)9-20/h1-4,12H,5-9,17H2/t12-/m1/s1. The number of amides is 1. The van der Waals surface area contributed by atoms with Gasteiger partial charge in [-0.2, -0.15) is 4.98 Å². The van der Waals surface area contributed by atoms with Crippen molar-refractivity contribution in [2.45, 2.75) is 25.3 Å². The average molecular weight is 321 g/mol. The number of halogens is 1. The first kappa shape index (κ1) is 15.0. The van der Waals surface area contributed by atoms with E-state index in [1.807, 2.05) is 12.1 Å². The molecule has 1 aliphatic rings. The van der Waals surface area contributed by atoms with Crippen LogP contribution in [-0.4, -0.2) is 40.1 Å². The summed E-state index contributed by atoms with van der Waals surface area (Å²) in [5.74, 6) is 1.04. The lowest BCUT2D eigenvalue weighted by molar-refractivity contribution is -0.130. The molecule has 2 heterocycles. The van der Waals surface area contributed by atoms with Gasteiger partial charge in [-0.1, -0.05) is 16.8 Å². The van der Waals surface area contributed by atoms with E-state index in [1.54, 1.807) is 17.0 Å². The summed E-state index contributed by atoms with van der Waals surface area (Å²) in [6, 6.07) is 7.30. The van der Waals surface area contributed by atoms with E-state index >= 15 is 0 Å². The molecule has 1 aliphatic heterocycles. The number of hydrogen-bond donors (Lipinski definition) is 1. The fourth-order valence-electron chi connectivity index (χ4n) is 2.46. The maximum atomic E-state index is 12.0. The second kappa shape index (κ2) is 6.46. The molecule has 1 fully saturated rings. The van der Waals surface area contributed by atoms with E-state index in [2.05, 4.69) is 10.1 Å². The molecular weight excluding hydrogens is 304 g/mol. The van der Waals surface area contributed by atoms with Gasteiger partial charge in [0, 0.05) is 42.6 Å². The van der Waals surface area contributed by atoms with Gasteiger partial charge in [0.15, 0.2) is 0 Å². The Labute approximate surface area is 133 Å². The first-order valence-corrected chi connectivity index (χ1v) is 7.61. The molecule has 0 bridgehead atoms. The SMILES string of the molecule is N[C@@H]1CCN(C(=O)CCc2nc(-c3ccc(Cl)cc3)no2)C1. The van der Waals surface area contributed by atoms with Gasteiger partial charge in [0.25, 0.3) is 0 Å². The molecule has 1 saturated heterocycles. The van der Waals surface area contributed by atoms with Crippen LogP contribution in [0.25, 0.3) is 11.4 Å². The second-order valence-electron chi connectivity index (χ2n) is 5.41. The lowest BCUT2D eigenvalue weighted by atomic mass is 10.2. The van der Waals surface area contributed by atoms with Gasteiger partial charge in [-0.3, -0.25) is 4.79 Å². The van der Waals surface area contributed by atoms with Crippen molar-refractivity contribution in [3.8, 4) is 11.4 Å². The Kier molecular flexibility index (Phi) is 4.40. The topological polar surface area (TPSA) is 85.2 Å². The molecule has 6 nitrogen and oxygen atoms in total. The number of rotatable bonds is 4.